The van der Waals surface area contributed by atoms with Gasteiger partial charge in [-0.3, -0.25) is 9.69 Å². The molecule has 0 spiro atoms. The van der Waals surface area contributed by atoms with Crippen LogP contribution in [0.25, 0.3) is 0 Å². The van der Waals surface area contributed by atoms with E-state index in [1.165, 1.54) is 4.90 Å². The van der Waals surface area contributed by atoms with E-state index < -0.39 is 71.2 Å². The number of alkyl carbamates (subject to hydrolysis) is 1. The van der Waals surface area contributed by atoms with Crippen molar-refractivity contribution in [3.63, 3.8) is 0 Å². The highest BCUT2D eigenvalue weighted by molar-refractivity contribution is 6.45. The summed E-state index contributed by atoms with van der Waals surface area (Å²) >= 11 is 0. The molecular weight excluding hydrogens is 653 g/mol. The van der Waals surface area contributed by atoms with E-state index in [2.05, 4.69) is 10.6 Å². The Morgan fingerprint density at radius 1 is 0.922 bits per heavy atom. The van der Waals surface area contributed by atoms with E-state index in [4.69, 9.17) is 23.5 Å². The third kappa shape index (κ3) is 11.9. The SMILES string of the molecule is CC(C)[C@@H](NC(=O)OC(C)(C)C)C(=O)N[C@H]1CCN(C(=O)OC(C)(C)C)[C@@](CCCCB2OC(C)(C)C(C)(C)O2)(C(=O)OCc2ccccc2)C1. The van der Waals surface area contributed by atoms with Crippen molar-refractivity contribution in [3.8, 4) is 0 Å². The van der Waals surface area contributed by atoms with E-state index >= 15 is 0 Å². The number of benzene rings is 1. The molecule has 3 atom stereocenters. The van der Waals surface area contributed by atoms with E-state index in [-0.39, 0.29) is 31.9 Å². The topological polar surface area (TPSA) is 142 Å². The molecule has 0 radical (unpaired) electrons. The van der Waals surface area contributed by atoms with Gasteiger partial charge in [0.1, 0.15) is 29.4 Å². The first-order valence-corrected chi connectivity index (χ1v) is 18.3. The number of hydrogen-bond donors (Lipinski definition) is 2. The van der Waals surface area contributed by atoms with Crippen LogP contribution < -0.4 is 10.6 Å². The summed E-state index contributed by atoms with van der Waals surface area (Å²) in [5.74, 6) is -1.23. The second kappa shape index (κ2) is 16.6. The van der Waals surface area contributed by atoms with Gasteiger partial charge in [0.05, 0.1) is 11.2 Å². The predicted molar refractivity (Wildman–Crippen MR) is 196 cm³/mol. The lowest BCUT2D eigenvalue weighted by atomic mass is 9.77. The third-order valence-electron chi connectivity index (χ3n) is 9.56. The second-order valence-electron chi connectivity index (χ2n) is 17.2. The highest BCUT2D eigenvalue weighted by atomic mass is 16.7. The van der Waals surface area contributed by atoms with E-state index in [1.807, 2.05) is 71.9 Å². The normalized spacial score (nSPS) is 22.3. The van der Waals surface area contributed by atoms with Crippen LogP contribution in [0.5, 0.6) is 0 Å². The minimum absolute atomic E-state index is 0.0176. The molecule has 0 aliphatic carbocycles. The number of likely N-dealkylation sites (tertiary alicyclic amines) is 1. The van der Waals surface area contributed by atoms with Crippen LogP contribution in [0.1, 0.15) is 121 Å². The Balaban J connectivity index is 1.90. The molecule has 2 aliphatic rings. The van der Waals surface area contributed by atoms with E-state index in [0.717, 1.165) is 5.56 Å². The van der Waals surface area contributed by atoms with Gasteiger partial charge in [0, 0.05) is 19.0 Å². The summed E-state index contributed by atoms with van der Waals surface area (Å²) in [6.45, 7) is 22.4. The summed E-state index contributed by atoms with van der Waals surface area (Å²) in [5, 5.41) is 5.78. The van der Waals surface area contributed by atoms with Crippen LogP contribution in [-0.2, 0) is 39.7 Å². The van der Waals surface area contributed by atoms with Gasteiger partial charge in [-0.25, -0.2) is 14.4 Å². The lowest BCUT2D eigenvalue weighted by Gasteiger charge is -2.48. The maximum absolute atomic E-state index is 14.4. The van der Waals surface area contributed by atoms with E-state index in [0.29, 0.717) is 25.6 Å². The first-order chi connectivity index (χ1) is 23.4. The number of ether oxygens (including phenoxy) is 3. The molecule has 3 amide bonds. The van der Waals surface area contributed by atoms with Gasteiger partial charge >= 0.3 is 25.3 Å². The Hall–Kier alpha value is -3.32. The van der Waals surface area contributed by atoms with Gasteiger partial charge < -0.3 is 34.2 Å². The molecule has 0 aromatic heterocycles. The summed E-state index contributed by atoms with van der Waals surface area (Å²) in [6.07, 6.45) is 1.19. The number of carbonyl (C=O) groups excluding carboxylic acids is 4. The van der Waals surface area contributed by atoms with Gasteiger partial charge in [0.25, 0.3) is 0 Å². The van der Waals surface area contributed by atoms with Crippen molar-refractivity contribution in [1.29, 1.82) is 0 Å². The standard InChI is InChI=1S/C38H62BN3O9/c1-26(2)29(41-32(45)48-34(3,4)5)30(43)40-28-20-23-42(33(46)49-35(6,7)8)38(24-28,31(44)47-25-27-18-14-13-15-19-27)21-16-17-22-39-50-36(9,10)37(11,12)51-39/h13-15,18-19,26,28-29H,16-17,20-25H2,1-12H3,(H,40,43)(H,41,45)/t28-,29+,38+/m0/s1. The Morgan fingerprint density at radius 3 is 2.06 bits per heavy atom. The van der Waals surface area contributed by atoms with Crippen molar-refractivity contribution in [2.75, 3.05) is 6.54 Å². The molecule has 0 saturated carbocycles. The Kier molecular flexibility index (Phi) is 13.7. The molecule has 12 nitrogen and oxygen atoms in total. The lowest BCUT2D eigenvalue weighted by molar-refractivity contribution is -0.164. The Labute approximate surface area is 305 Å². The molecule has 13 heteroatoms. The summed E-state index contributed by atoms with van der Waals surface area (Å²) < 4.78 is 29.6. The van der Waals surface area contributed by atoms with Crippen LogP contribution in [0.3, 0.4) is 0 Å². The van der Waals surface area contributed by atoms with Crippen molar-refractivity contribution in [2.24, 2.45) is 5.92 Å². The number of esters is 1. The Morgan fingerprint density at radius 2 is 1.51 bits per heavy atom. The van der Waals surface area contributed by atoms with Gasteiger partial charge in [-0.2, -0.15) is 0 Å². The number of unbranched alkanes of at least 4 members (excludes halogenated alkanes) is 1. The zero-order valence-electron chi connectivity index (χ0n) is 33.0. The molecule has 286 valence electrons. The summed E-state index contributed by atoms with van der Waals surface area (Å²) in [7, 11) is -0.401. The fourth-order valence-electron chi connectivity index (χ4n) is 6.29. The van der Waals surface area contributed by atoms with E-state index in [9.17, 15) is 19.2 Å². The summed E-state index contributed by atoms with van der Waals surface area (Å²) in [5.41, 5.74) is -3.12. The van der Waals surface area contributed by atoms with Gasteiger partial charge in [0.2, 0.25) is 5.91 Å². The number of carbonyl (C=O) groups is 4. The number of nitrogens with one attached hydrogen (secondary N) is 2. The minimum Gasteiger partial charge on any atom is -0.459 e. The monoisotopic (exact) mass is 715 g/mol. The summed E-state index contributed by atoms with van der Waals surface area (Å²) in [4.78, 5) is 56.2. The van der Waals surface area contributed by atoms with Crippen molar-refractivity contribution in [1.82, 2.24) is 15.5 Å². The fourth-order valence-corrected chi connectivity index (χ4v) is 6.29. The fraction of sp³-hybridized carbons (Fsp3) is 0.737. The maximum Gasteiger partial charge on any atom is 0.457 e. The highest BCUT2D eigenvalue weighted by Gasteiger charge is 2.54. The number of amides is 3. The van der Waals surface area contributed by atoms with Crippen molar-refractivity contribution in [2.45, 2.75) is 168 Å². The molecule has 1 aromatic carbocycles. The number of piperidine rings is 1. The van der Waals surface area contributed by atoms with Crippen LogP contribution in [0.15, 0.2) is 30.3 Å². The van der Waals surface area contributed by atoms with Crippen LogP contribution in [-0.4, -0.2) is 82.7 Å². The lowest BCUT2D eigenvalue weighted by Crippen LogP contribution is -2.65. The molecular formula is C38H62BN3O9. The zero-order chi connectivity index (χ0) is 38.4. The van der Waals surface area contributed by atoms with Crippen molar-refractivity contribution in [3.05, 3.63) is 35.9 Å². The zero-order valence-corrected chi connectivity index (χ0v) is 33.0. The Bertz CT molecular complexity index is 1340. The van der Waals surface area contributed by atoms with Crippen LogP contribution in [0, 0.1) is 5.92 Å². The molecule has 2 heterocycles. The molecule has 1 aromatic rings. The smallest absolute Gasteiger partial charge is 0.457 e. The largest absolute Gasteiger partial charge is 0.459 e. The minimum atomic E-state index is -1.45. The quantitative estimate of drug-likeness (QED) is 0.104. The van der Waals surface area contributed by atoms with E-state index in [1.54, 1.807) is 41.5 Å². The van der Waals surface area contributed by atoms with Gasteiger partial charge in [0.15, 0.2) is 0 Å². The third-order valence-corrected chi connectivity index (χ3v) is 9.56. The van der Waals surface area contributed by atoms with Crippen molar-refractivity contribution >= 4 is 31.2 Å². The molecule has 2 fully saturated rings. The van der Waals surface area contributed by atoms with Gasteiger partial charge in [-0.1, -0.05) is 57.0 Å². The van der Waals surface area contributed by atoms with Crippen LogP contribution in [0.2, 0.25) is 6.32 Å². The van der Waals surface area contributed by atoms with Gasteiger partial charge in [-0.15, -0.1) is 0 Å². The highest BCUT2D eigenvalue weighted by Crippen LogP contribution is 2.40. The average Bonchev–Trinajstić information content (AvgIpc) is 3.20. The molecule has 3 rings (SSSR count). The molecule has 2 aliphatic heterocycles. The molecule has 2 N–H and O–H groups in total. The first-order valence-electron chi connectivity index (χ1n) is 18.3. The number of hydrogen-bond acceptors (Lipinski definition) is 9. The number of rotatable bonds is 12. The van der Waals surface area contributed by atoms with Crippen molar-refractivity contribution < 1.29 is 42.7 Å². The maximum atomic E-state index is 14.4. The first kappa shape index (κ1) is 42.1. The average molecular weight is 716 g/mol. The number of nitrogens with zero attached hydrogens (tertiary/aromatic N) is 1. The van der Waals surface area contributed by atoms with Crippen LogP contribution in [0.4, 0.5) is 9.59 Å². The predicted octanol–water partition coefficient (Wildman–Crippen LogP) is 6.80. The second-order valence-corrected chi connectivity index (χ2v) is 17.2. The van der Waals surface area contributed by atoms with Crippen LogP contribution >= 0.6 is 0 Å². The molecule has 51 heavy (non-hydrogen) atoms. The molecule has 2 saturated heterocycles. The molecule has 0 unspecified atom stereocenters. The molecule has 0 bridgehead atoms. The van der Waals surface area contributed by atoms with Gasteiger partial charge in [-0.05, 0) is 99.9 Å². The summed E-state index contributed by atoms with van der Waals surface area (Å²) in [6, 6.07) is 7.95.